The number of ether oxygens (including phenoxy) is 3. The molecule has 0 bridgehead atoms. The van der Waals surface area contributed by atoms with Gasteiger partial charge in [-0.3, -0.25) is 9.59 Å². The number of carbonyl (C=O) groups is 3. The Hall–Kier alpha value is -3.56. The van der Waals surface area contributed by atoms with E-state index < -0.39 is 35.7 Å². The molecule has 7 nitrogen and oxygen atoms in total. The Kier molecular flexibility index (Phi) is 9.91. The first kappa shape index (κ1) is 26.7. The number of halogens is 3. The highest BCUT2D eigenvalue weighted by Gasteiger charge is 2.35. The van der Waals surface area contributed by atoms with Crippen LogP contribution >= 0.6 is 0 Å². The van der Waals surface area contributed by atoms with Crippen molar-refractivity contribution in [1.82, 2.24) is 0 Å². The third-order valence-electron chi connectivity index (χ3n) is 4.69. The van der Waals surface area contributed by atoms with Crippen LogP contribution in [0.15, 0.2) is 48.5 Å². The molecule has 184 valence electrons. The molecule has 1 atom stereocenters. The van der Waals surface area contributed by atoms with Crippen LogP contribution in [-0.2, 0) is 31.7 Å². The number of rotatable bonds is 11. The van der Waals surface area contributed by atoms with Crippen molar-refractivity contribution in [2.75, 3.05) is 18.1 Å². The lowest BCUT2D eigenvalue weighted by Crippen LogP contribution is -2.27. The third-order valence-corrected chi connectivity index (χ3v) is 4.69. The molecular formula is C24H26F3NO6. The van der Waals surface area contributed by atoms with E-state index in [1.807, 2.05) is 18.2 Å². The SMILES string of the molecule is CCOC(=O)OC(C)OC(=O)CCCN(Cc1ccccc1)c1cccc(C(F)(F)F)c1C=O. The van der Waals surface area contributed by atoms with E-state index in [-0.39, 0.29) is 44.5 Å². The van der Waals surface area contributed by atoms with Gasteiger partial charge in [0, 0.05) is 37.7 Å². The standard InChI is InChI=1S/C24H26F3NO6/c1-3-32-23(31)34-17(2)33-22(30)13-8-14-28(15-18-9-5-4-6-10-18)21-12-7-11-20(19(21)16-29)24(25,26)27/h4-7,9-12,16-17H,3,8,13-15H2,1-2H3. The van der Waals surface area contributed by atoms with Gasteiger partial charge in [0.1, 0.15) is 0 Å². The molecule has 0 radical (unpaired) electrons. The summed E-state index contributed by atoms with van der Waals surface area (Å²) in [6.07, 6.45) is -6.49. The largest absolute Gasteiger partial charge is 0.511 e. The maximum atomic E-state index is 13.4. The van der Waals surface area contributed by atoms with Crippen molar-refractivity contribution in [3.8, 4) is 0 Å². The number of hydrogen-bond donors (Lipinski definition) is 0. The number of benzene rings is 2. The normalized spacial score (nSPS) is 11.9. The van der Waals surface area contributed by atoms with Crippen molar-refractivity contribution < 1.29 is 41.8 Å². The Morgan fingerprint density at radius 3 is 2.38 bits per heavy atom. The molecule has 34 heavy (non-hydrogen) atoms. The van der Waals surface area contributed by atoms with Gasteiger partial charge < -0.3 is 19.1 Å². The summed E-state index contributed by atoms with van der Waals surface area (Å²) >= 11 is 0. The Labute approximate surface area is 195 Å². The molecule has 0 aliphatic heterocycles. The predicted octanol–water partition coefficient (Wildman–Crippen LogP) is 5.37. The summed E-state index contributed by atoms with van der Waals surface area (Å²) in [6.45, 7) is 3.45. The van der Waals surface area contributed by atoms with Gasteiger partial charge in [0.15, 0.2) is 6.29 Å². The van der Waals surface area contributed by atoms with Gasteiger partial charge in [-0.2, -0.15) is 13.2 Å². The Morgan fingerprint density at radius 2 is 1.76 bits per heavy atom. The number of anilines is 1. The first-order valence-electron chi connectivity index (χ1n) is 10.6. The lowest BCUT2D eigenvalue weighted by Gasteiger charge is -2.27. The zero-order valence-corrected chi connectivity index (χ0v) is 18.8. The zero-order chi connectivity index (χ0) is 25.1. The molecule has 0 aliphatic rings. The first-order valence-corrected chi connectivity index (χ1v) is 10.6. The molecule has 2 aromatic rings. The van der Waals surface area contributed by atoms with Crippen molar-refractivity contribution in [2.45, 2.75) is 45.7 Å². The topological polar surface area (TPSA) is 82.1 Å². The van der Waals surface area contributed by atoms with Crippen molar-refractivity contribution in [3.63, 3.8) is 0 Å². The third kappa shape index (κ3) is 8.09. The van der Waals surface area contributed by atoms with Gasteiger partial charge in [0.05, 0.1) is 12.2 Å². The highest BCUT2D eigenvalue weighted by Crippen LogP contribution is 2.36. The molecule has 0 fully saturated rings. The minimum atomic E-state index is -4.69. The highest BCUT2D eigenvalue weighted by atomic mass is 19.4. The molecule has 0 spiro atoms. The fraction of sp³-hybridized carbons (Fsp3) is 0.375. The van der Waals surface area contributed by atoms with E-state index in [0.29, 0.717) is 0 Å². The van der Waals surface area contributed by atoms with Gasteiger partial charge in [0.25, 0.3) is 0 Å². The van der Waals surface area contributed by atoms with Crippen LogP contribution < -0.4 is 4.90 Å². The molecule has 10 heteroatoms. The minimum absolute atomic E-state index is 0.0861. The summed E-state index contributed by atoms with van der Waals surface area (Å²) in [5.41, 5.74) is -0.566. The molecule has 0 saturated heterocycles. The monoisotopic (exact) mass is 481 g/mol. The molecule has 0 amide bonds. The number of esters is 1. The van der Waals surface area contributed by atoms with Crippen LogP contribution in [0.2, 0.25) is 0 Å². The van der Waals surface area contributed by atoms with Crippen LogP contribution in [0.3, 0.4) is 0 Å². The number of alkyl halides is 3. The van der Waals surface area contributed by atoms with Crippen molar-refractivity contribution in [3.05, 3.63) is 65.2 Å². The van der Waals surface area contributed by atoms with Crippen molar-refractivity contribution in [2.24, 2.45) is 0 Å². The van der Waals surface area contributed by atoms with Gasteiger partial charge in [-0.1, -0.05) is 36.4 Å². The summed E-state index contributed by atoms with van der Waals surface area (Å²) < 4.78 is 54.7. The number of hydrogen-bond acceptors (Lipinski definition) is 7. The van der Waals surface area contributed by atoms with Crippen LogP contribution in [-0.4, -0.2) is 37.9 Å². The molecule has 0 aliphatic carbocycles. The molecule has 2 aromatic carbocycles. The molecule has 2 rings (SSSR count). The number of aldehydes is 1. The van der Waals surface area contributed by atoms with Crippen molar-refractivity contribution in [1.29, 1.82) is 0 Å². The summed E-state index contributed by atoms with van der Waals surface area (Å²) in [4.78, 5) is 36.6. The lowest BCUT2D eigenvalue weighted by molar-refractivity contribution is -0.167. The van der Waals surface area contributed by atoms with Gasteiger partial charge in [0.2, 0.25) is 6.29 Å². The molecular weight excluding hydrogens is 455 g/mol. The average molecular weight is 481 g/mol. The second kappa shape index (κ2) is 12.6. The zero-order valence-electron chi connectivity index (χ0n) is 18.8. The van der Waals surface area contributed by atoms with Gasteiger partial charge in [-0.05, 0) is 31.0 Å². The Bertz CT molecular complexity index is 965. The van der Waals surface area contributed by atoms with Crippen LogP contribution in [0, 0.1) is 0 Å². The number of nitrogens with zero attached hydrogens (tertiary/aromatic N) is 1. The fourth-order valence-corrected chi connectivity index (χ4v) is 3.26. The molecule has 0 heterocycles. The van der Waals surface area contributed by atoms with Gasteiger partial charge in [-0.15, -0.1) is 0 Å². The van der Waals surface area contributed by atoms with E-state index >= 15 is 0 Å². The quantitative estimate of drug-likeness (QED) is 0.243. The molecule has 0 N–H and O–H groups in total. The number of carbonyl (C=O) groups excluding carboxylic acids is 3. The summed E-state index contributed by atoms with van der Waals surface area (Å²) in [5, 5.41) is 0. The van der Waals surface area contributed by atoms with E-state index in [1.54, 1.807) is 24.0 Å². The lowest BCUT2D eigenvalue weighted by atomic mass is 10.0. The molecule has 1 unspecified atom stereocenters. The maximum absolute atomic E-state index is 13.4. The van der Waals surface area contributed by atoms with E-state index in [2.05, 4.69) is 4.74 Å². The smallest absolute Gasteiger partial charge is 0.435 e. The average Bonchev–Trinajstić information content (AvgIpc) is 2.78. The van der Waals surface area contributed by atoms with E-state index in [1.165, 1.54) is 19.1 Å². The highest BCUT2D eigenvalue weighted by molar-refractivity contribution is 5.87. The summed E-state index contributed by atoms with van der Waals surface area (Å²) in [5.74, 6) is -0.656. The summed E-state index contributed by atoms with van der Waals surface area (Å²) in [7, 11) is 0. The van der Waals surface area contributed by atoms with Gasteiger partial charge in [-0.25, -0.2) is 4.79 Å². The second-order valence-corrected chi connectivity index (χ2v) is 7.22. The van der Waals surface area contributed by atoms with Crippen LogP contribution in [0.25, 0.3) is 0 Å². The second-order valence-electron chi connectivity index (χ2n) is 7.22. The minimum Gasteiger partial charge on any atom is -0.435 e. The summed E-state index contributed by atoms with van der Waals surface area (Å²) in [6, 6.07) is 12.6. The Morgan fingerprint density at radius 1 is 1.06 bits per heavy atom. The van der Waals surface area contributed by atoms with E-state index in [0.717, 1.165) is 11.6 Å². The van der Waals surface area contributed by atoms with Crippen LogP contribution in [0.5, 0.6) is 0 Å². The van der Waals surface area contributed by atoms with Crippen LogP contribution in [0.1, 0.15) is 48.2 Å². The Balaban J connectivity index is 2.13. The first-order chi connectivity index (χ1) is 16.2. The molecule has 0 aromatic heterocycles. The van der Waals surface area contributed by atoms with Crippen molar-refractivity contribution >= 4 is 24.1 Å². The fourth-order valence-electron chi connectivity index (χ4n) is 3.26. The van der Waals surface area contributed by atoms with E-state index in [9.17, 15) is 27.6 Å². The van der Waals surface area contributed by atoms with E-state index in [4.69, 9.17) is 9.47 Å². The predicted molar refractivity (Wildman–Crippen MR) is 117 cm³/mol. The molecule has 0 saturated carbocycles. The van der Waals surface area contributed by atoms with Crippen LogP contribution in [0.4, 0.5) is 23.7 Å². The maximum Gasteiger partial charge on any atom is 0.511 e. The van der Waals surface area contributed by atoms with Gasteiger partial charge >= 0.3 is 18.3 Å².